The Morgan fingerprint density at radius 2 is 2.11 bits per heavy atom. The van der Waals surface area contributed by atoms with E-state index in [1.807, 2.05) is 19.0 Å². The Kier molecular flexibility index (Phi) is 7.37. The minimum Gasteiger partial charge on any atom is -0.457 e. The van der Waals surface area contributed by atoms with Gasteiger partial charge in [-0.3, -0.25) is 4.72 Å². The maximum Gasteiger partial charge on any atom is 0.232 e. The van der Waals surface area contributed by atoms with E-state index in [2.05, 4.69) is 25.0 Å². The quantitative estimate of drug-likeness (QED) is 0.333. The summed E-state index contributed by atoms with van der Waals surface area (Å²) in [6.45, 7) is 1.40. The van der Waals surface area contributed by atoms with Crippen LogP contribution >= 0.6 is 11.3 Å². The number of aromatic nitrogens is 1. The van der Waals surface area contributed by atoms with Gasteiger partial charge in [0, 0.05) is 18.5 Å². The lowest BCUT2D eigenvalue weighted by molar-refractivity contribution is 0.412. The molecule has 0 bridgehead atoms. The molecule has 0 amide bonds. The fraction of sp³-hybridized carbons (Fsp3) is 0.400. The first-order chi connectivity index (χ1) is 13.1. The molecule has 154 valence electrons. The van der Waals surface area contributed by atoms with Crippen molar-refractivity contribution < 1.29 is 12.8 Å². The van der Waals surface area contributed by atoms with E-state index in [1.165, 1.54) is 11.3 Å². The average molecular weight is 429 g/mol. The van der Waals surface area contributed by atoms with Crippen LogP contribution in [0.25, 0.3) is 11.5 Å². The molecule has 28 heavy (non-hydrogen) atoms. The van der Waals surface area contributed by atoms with Crippen LogP contribution < -0.4 is 21.5 Å². The average Bonchev–Trinajstić information content (AvgIpc) is 3.19. The van der Waals surface area contributed by atoms with Gasteiger partial charge in [-0.25, -0.2) is 18.4 Å². The molecule has 2 rings (SSSR count). The zero-order valence-electron chi connectivity index (χ0n) is 15.8. The topological polar surface area (TPSA) is 164 Å². The van der Waals surface area contributed by atoms with Gasteiger partial charge in [-0.15, -0.1) is 11.3 Å². The number of likely N-dealkylation sites (N-methyl/N-ethyl adjacent to an activating group) is 1. The molecule has 0 aliphatic carbocycles. The third-order valence-corrected chi connectivity index (χ3v) is 4.46. The van der Waals surface area contributed by atoms with Crippen LogP contribution in [0.2, 0.25) is 0 Å². The summed E-state index contributed by atoms with van der Waals surface area (Å²) in [6, 6.07) is 3.50. The van der Waals surface area contributed by atoms with Gasteiger partial charge < -0.3 is 26.1 Å². The summed E-state index contributed by atoms with van der Waals surface area (Å²) in [4.78, 5) is 14.4. The third-order valence-electron chi connectivity index (χ3n) is 3.16. The molecule has 2 heterocycles. The molecule has 0 aliphatic rings. The molecule has 2 aromatic heterocycles. The van der Waals surface area contributed by atoms with Crippen LogP contribution in [-0.4, -0.2) is 63.7 Å². The van der Waals surface area contributed by atoms with Crippen molar-refractivity contribution in [3.05, 3.63) is 23.3 Å². The molecule has 0 radical (unpaired) electrons. The number of nitrogens with zero attached hydrogens (tertiary/aromatic N) is 4. The van der Waals surface area contributed by atoms with Crippen LogP contribution in [0.1, 0.15) is 5.76 Å². The van der Waals surface area contributed by atoms with E-state index >= 15 is 0 Å². The van der Waals surface area contributed by atoms with E-state index < -0.39 is 10.0 Å². The van der Waals surface area contributed by atoms with Crippen molar-refractivity contribution >= 4 is 38.4 Å². The van der Waals surface area contributed by atoms with Gasteiger partial charge in [0.15, 0.2) is 11.7 Å². The lowest BCUT2D eigenvalue weighted by Crippen LogP contribution is -2.42. The second kappa shape index (κ2) is 9.52. The molecule has 0 saturated heterocycles. The highest BCUT2D eigenvalue weighted by molar-refractivity contribution is 7.89. The number of nitrogens with two attached hydrogens (primary N) is 2. The van der Waals surface area contributed by atoms with Gasteiger partial charge in [0.1, 0.15) is 18.0 Å². The van der Waals surface area contributed by atoms with Gasteiger partial charge in [-0.1, -0.05) is 0 Å². The van der Waals surface area contributed by atoms with Crippen LogP contribution in [0.5, 0.6) is 0 Å². The van der Waals surface area contributed by atoms with Crippen molar-refractivity contribution in [2.45, 2.75) is 6.54 Å². The Bertz CT molecular complexity index is 942. The van der Waals surface area contributed by atoms with Crippen molar-refractivity contribution in [3.63, 3.8) is 0 Å². The first-order valence-corrected chi connectivity index (χ1v) is 10.9. The fourth-order valence-corrected chi connectivity index (χ4v) is 3.18. The van der Waals surface area contributed by atoms with Gasteiger partial charge in [-0.2, -0.15) is 4.99 Å². The number of rotatable bonds is 8. The second-order valence-electron chi connectivity index (χ2n) is 6.09. The summed E-state index contributed by atoms with van der Waals surface area (Å²) in [5.41, 5.74) is 11.3. The number of furan rings is 1. The third kappa shape index (κ3) is 7.54. The maximum atomic E-state index is 11.5. The van der Waals surface area contributed by atoms with E-state index in [9.17, 15) is 8.42 Å². The van der Waals surface area contributed by atoms with E-state index in [0.29, 0.717) is 28.9 Å². The molecule has 11 nitrogen and oxygen atoms in total. The van der Waals surface area contributed by atoms with Crippen LogP contribution in [0.3, 0.4) is 0 Å². The minimum absolute atomic E-state index is 0.0666. The molecule has 0 fully saturated rings. The van der Waals surface area contributed by atoms with Crippen molar-refractivity contribution in [1.29, 1.82) is 0 Å². The van der Waals surface area contributed by atoms with E-state index in [0.717, 1.165) is 12.8 Å². The molecular weight excluding hydrogens is 404 g/mol. The smallest absolute Gasteiger partial charge is 0.232 e. The Hall–Kier alpha value is -2.64. The Morgan fingerprint density at radius 1 is 1.36 bits per heavy atom. The molecule has 0 spiro atoms. The molecule has 6 N–H and O–H groups in total. The number of aliphatic imine (C=N–C) groups is 2. The van der Waals surface area contributed by atoms with Crippen LogP contribution in [-0.2, 0) is 16.6 Å². The van der Waals surface area contributed by atoms with Gasteiger partial charge in [0.25, 0.3) is 0 Å². The van der Waals surface area contributed by atoms with Gasteiger partial charge in [0.2, 0.25) is 21.1 Å². The zero-order valence-corrected chi connectivity index (χ0v) is 17.5. The summed E-state index contributed by atoms with van der Waals surface area (Å²) in [6.07, 6.45) is 1.07. The first kappa shape index (κ1) is 21.7. The molecule has 0 atom stereocenters. The lowest BCUT2D eigenvalue weighted by Gasteiger charge is -2.13. The number of sulfonamides is 1. The summed E-state index contributed by atoms with van der Waals surface area (Å²) in [5.74, 6) is 1.18. The molecule has 0 saturated carbocycles. The minimum atomic E-state index is -3.45. The number of nitrogens with one attached hydrogen (secondary N) is 2. The summed E-state index contributed by atoms with van der Waals surface area (Å²) >= 11 is 1.28. The highest BCUT2D eigenvalue weighted by Gasteiger charge is 2.10. The van der Waals surface area contributed by atoms with Gasteiger partial charge in [0.05, 0.1) is 6.26 Å². The second-order valence-corrected chi connectivity index (χ2v) is 8.67. The standard InChI is InChI=1S/C15H24N8O3S2/c1-23(2)7-6-18-14(22-28(3,24)25)19-8-10-4-5-12(26-10)11-9-27-15(20-11)21-13(16)17/h4-5,9H,6-8H2,1-3H3,(H2,18,19,22)(H4,16,17,20,21). The summed E-state index contributed by atoms with van der Waals surface area (Å²) in [7, 11) is 0.389. The van der Waals surface area contributed by atoms with Crippen LogP contribution in [0.15, 0.2) is 31.9 Å². The largest absolute Gasteiger partial charge is 0.457 e. The van der Waals surface area contributed by atoms with Gasteiger partial charge >= 0.3 is 0 Å². The monoisotopic (exact) mass is 428 g/mol. The highest BCUT2D eigenvalue weighted by Crippen LogP contribution is 2.28. The van der Waals surface area contributed by atoms with Gasteiger partial charge in [-0.05, 0) is 26.2 Å². The predicted octanol–water partition coefficient (Wildman–Crippen LogP) is -0.136. The summed E-state index contributed by atoms with van der Waals surface area (Å²) < 4.78 is 31.1. The Morgan fingerprint density at radius 3 is 2.75 bits per heavy atom. The van der Waals surface area contributed by atoms with Crippen molar-refractivity contribution in [2.24, 2.45) is 21.5 Å². The lowest BCUT2D eigenvalue weighted by atomic mass is 10.3. The fourth-order valence-electron chi connectivity index (χ4n) is 1.99. The van der Waals surface area contributed by atoms with Crippen LogP contribution in [0, 0.1) is 0 Å². The maximum absolute atomic E-state index is 11.5. The molecule has 0 aromatic carbocycles. The van der Waals surface area contributed by atoms with E-state index in [4.69, 9.17) is 15.9 Å². The number of guanidine groups is 2. The number of hydrogen-bond acceptors (Lipinski definition) is 8. The number of thiazole rings is 1. The SMILES string of the molecule is CN(C)CCNC(=NCc1ccc(-c2csc(N=C(N)N)n2)o1)NS(C)(=O)=O. The molecule has 0 aliphatic heterocycles. The normalized spacial score (nSPS) is 12.2. The zero-order chi connectivity index (χ0) is 20.7. The van der Waals surface area contributed by atoms with Crippen molar-refractivity contribution in [2.75, 3.05) is 33.4 Å². The van der Waals surface area contributed by atoms with E-state index in [-0.39, 0.29) is 18.5 Å². The van der Waals surface area contributed by atoms with E-state index in [1.54, 1.807) is 17.5 Å². The van der Waals surface area contributed by atoms with Crippen molar-refractivity contribution in [1.82, 2.24) is 19.9 Å². The Balaban J connectivity index is 2.07. The first-order valence-electron chi connectivity index (χ1n) is 8.17. The Labute approximate surface area is 167 Å². The molecule has 0 unspecified atom stereocenters. The van der Waals surface area contributed by atoms with Crippen molar-refractivity contribution in [3.8, 4) is 11.5 Å². The molecule has 13 heteroatoms. The van der Waals surface area contributed by atoms with Crippen LogP contribution in [0.4, 0.5) is 5.13 Å². The highest BCUT2D eigenvalue weighted by atomic mass is 32.2. The molecule has 2 aromatic rings. The predicted molar refractivity (Wildman–Crippen MR) is 111 cm³/mol. The molecular formula is C15H24N8O3S2. The summed E-state index contributed by atoms with van der Waals surface area (Å²) in [5, 5.41) is 5.16. The number of hydrogen-bond donors (Lipinski definition) is 4.